The number of halogens is 3. The van der Waals surface area contributed by atoms with Gasteiger partial charge in [-0.1, -0.05) is 12.1 Å². The van der Waals surface area contributed by atoms with E-state index in [0.29, 0.717) is 17.7 Å². The second-order valence-corrected chi connectivity index (χ2v) is 11.1. The summed E-state index contributed by atoms with van der Waals surface area (Å²) in [7, 11) is -2.43. The molecule has 3 heterocycles. The van der Waals surface area contributed by atoms with Crippen LogP contribution in [0.5, 0.6) is 5.75 Å². The Morgan fingerprint density at radius 3 is 2.51 bits per heavy atom. The third-order valence-corrected chi connectivity index (χ3v) is 8.22. The number of carbonyl (C=O) groups excluding carboxylic acids is 1. The molecular formula is C25H19F3N3O4S2+. The van der Waals surface area contributed by atoms with Crippen molar-refractivity contribution < 1.29 is 36.1 Å². The Kier molecular flexibility index (Phi) is 6.16. The summed E-state index contributed by atoms with van der Waals surface area (Å²) in [6.07, 6.45) is -1.80. The van der Waals surface area contributed by atoms with Gasteiger partial charge in [-0.2, -0.15) is 0 Å². The summed E-state index contributed by atoms with van der Waals surface area (Å²) < 4.78 is 69.4. The van der Waals surface area contributed by atoms with Crippen molar-refractivity contribution in [1.29, 1.82) is 0 Å². The van der Waals surface area contributed by atoms with E-state index >= 15 is 0 Å². The number of sulfonamides is 1. The minimum atomic E-state index is -4.94. The number of benzene rings is 2. The maximum Gasteiger partial charge on any atom is 0.573 e. The molecule has 0 spiro atoms. The Labute approximate surface area is 214 Å². The number of ether oxygens (including phenoxy) is 1. The zero-order valence-corrected chi connectivity index (χ0v) is 20.8. The van der Waals surface area contributed by atoms with E-state index < -0.39 is 22.1 Å². The summed E-state index contributed by atoms with van der Waals surface area (Å²) in [5.74, 6) is -0.632. The number of hydrogen-bond acceptors (Lipinski definition) is 5. The molecule has 1 amide bonds. The number of carbonyl (C=O) groups is 1. The molecule has 12 heteroatoms. The number of aromatic amines is 1. The van der Waals surface area contributed by atoms with E-state index in [4.69, 9.17) is 0 Å². The lowest BCUT2D eigenvalue weighted by molar-refractivity contribution is -0.376. The Hall–Kier alpha value is -3.90. The number of thiophene rings is 1. The van der Waals surface area contributed by atoms with Gasteiger partial charge in [0.2, 0.25) is 0 Å². The third-order valence-electron chi connectivity index (χ3n) is 5.66. The van der Waals surface area contributed by atoms with Crippen LogP contribution >= 0.6 is 11.3 Å². The van der Waals surface area contributed by atoms with E-state index in [9.17, 15) is 26.4 Å². The lowest BCUT2D eigenvalue weighted by Crippen LogP contribution is -2.18. The van der Waals surface area contributed by atoms with Gasteiger partial charge in [0, 0.05) is 35.0 Å². The van der Waals surface area contributed by atoms with Gasteiger partial charge in [0.1, 0.15) is 11.4 Å². The average Bonchev–Trinajstić information content (AvgIpc) is 3.43. The number of pyridine rings is 1. The number of alkyl halides is 3. The molecule has 7 nitrogen and oxygen atoms in total. The first-order chi connectivity index (χ1) is 17.5. The highest BCUT2D eigenvalue weighted by Crippen LogP contribution is 2.36. The predicted molar refractivity (Wildman–Crippen MR) is 131 cm³/mol. The smallest absolute Gasteiger partial charge is 0.406 e. The minimum absolute atomic E-state index is 0.00262. The van der Waals surface area contributed by atoms with E-state index in [1.54, 1.807) is 24.2 Å². The molecule has 2 aromatic heterocycles. The van der Waals surface area contributed by atoms with Crippen LogP contribution in [0.4, 0.5) is 18.9 Å². The van der Waals surface area contributed by atoms with Crippen LogP contribution in [-0.2, 0) is 16.6 Å². The van der Waals surface area contributed by atoms with E-state index in [1.165, 1.54) is 23.6 Å². The van der Waals surface area contributed by atoms with Gasteiger partial charge in [0.05, 0.1) is 10.5 Å². The molecule has 2 aromatic carbocycles. The molecule has 0 bridgehead atoms. The van der Waals surface area contributed by atoms with Gasteiger partial charge in [0.15, 0.2) is 12.4 Å². The monoisotopic (exact) mass is 546 g/mol. The van der Waals surface area contributed by atoms with Crippen LogP contribution in [0.25, 0.3) is 20.9 Å². The molecule has 0 unspecified atom stereocenters. The highest BCUT2D eigenvalue weighted by atomic mass is 32.2. The van der Waals surface area contributed by atoms with Gasteiger partial charge < -0.3 is 9.64 Å². The predicted octanol–water partition coefficient (Wildman–Crippen LogP) is 5.18. The Balaban J connectivity index is 1.37. The van der Waals surface area contributed by atoms with Crippen LogP contribution in [0, 0.1) is 0 Å². The van der Waals surface area contributed by atoms with Crippen molar-refractivity contribution in [1.82, 2.24) is 4.90 Å². The van der Waals surface area contributed by atoms with Crippen molar-refractivity contribution in [3.8, 4) is 26.6 Å². The Morgan fingerprint density at radius 2 is 1.76 bits per heavy atom. The van der Waals surface area contributed by atoms with E-state index in [0.717, 1.165) is 39.1 Å². The van der Waals surface area contributed by atoms with E-state index in [2.05, 4.69) is 14.4 Å². The molecule has 5 rings (SSSR count). The zero-order valence-electron chi connectivity index (χ0n) is 19.2. The number of fused-ring (bicyclic) bond motifs is 1. The van der Waals surface area contributed by atoms with Gasteiger partial charge in [-0.3, -0.25) is 9.52 Å². The number of anilines is 1. The van der Waals surface area contributed by atoms with Crippen LogP contribution in [-0.4, -0.2) is 32.6 Å². The van der Waals surface area contributed by atoms with Gasteiger partial charge >= 0.3 is 6.36 Å². The summed E-state index contributed by atoms with van der Waals surface area (Å²) in [5, 5.41) is 0. The third kappa shape index (κ3) is 5.30. The SMILES string of the molecule is CN1Cc2cc(-c3ccc(-c4c[nH+]cc(NS(=O)(=O)c5cccc(OC(F)(F)F)c5)c4)s3)ccc2C1=O. The number of hydrogen-bond donors (Lipinski definition) is 1. The van der Waals surface area contributed by atoms with Crippen LogP contribution in [0.1, 0.15) is 15.9 Å². The van der Waals surface area contributed by atoms with Crippen molar-refractivity contribution in [3.05, 3.63) is 84.2 Å². The molecule has 0 saturated carbocycles. The van der Waals surface area contributed by atoms with Crippen LogP contribution in [0.2, 0.25) is 0 Å². The van der Waals surface area contributed by atoms with Gasteiger partial charge in [-0.15, -0.1) is 24.5 Å². The first-order valence-corrected chi connectivity index (χ1v) is 13.2. The molecule has 0 radical (unpaired) electrons. The standard InChI is InChI=1S/C25H18F3N3O4S2/c1-31-14-17-9-15(5-6-21(17)24(31)32)22-7-8-23(36-22)16-10-18(13-29-12-16)30-37(33,34)20-4-2-3-19(11-20)35-25(26,27)28/h2-13,30H,14H2,1H3/p+1. The first-order valence-electron chi connectivity index (χ1n) is 10.9. The second kappa shape index (κ2) is 9.20. The molecule has 0 fully saturated rings. The van der Waals surface area contributed by atoms with Gasteiger partial charge in [0.25, 0.3) is 15.9 Å². The van der Waals surface area contributed by atoms with Crippen molar-refractivity contribution in [2.45, 2.75) is 17.8 Å². The van der Waals surface area contributed by atoms with Crippen LogP contribution in [0.15, 0.2) is 78.0 Å². The number of nitrogens with one attached hydrogen (secondary N) is 2. The summed E-state index contributed by atoms with van der Waals surface area (Å²) in [4.78, 5) is 18.2. The van der Waals surface area contributed by atoms with Crippen molar-refractivity contribution in [3.63, 3.8) is 0 Å². The van der Waals surface area contributed by atoms with Crippen molar-refractivity contribution >= 4 is 33.0 Å². The normalized spacial score (nSPS) is 13.5. The molecule has 2 N–H and O–H groups in total. The number of rotatable bonds is 6. The molecule has 0 atom stereocenters. The highest BCUT2D eigenvalue weighted by Gasteiger charge is 2.31. The summed E-state index contributed by atoms with van der Waals surface area (Å²) in [5.41, 5.74) is 3.55. The maximum absolute atomic E-state index is 12.8. The molecule has 1 aliphatic heterocycles. The van der Waals surface area contributed by atoms with Crippen molar-refractivity contribution in [2.24, 2.45) is 0 Å². The molecule has 0 aliphatic carbocycles. The number of amides is 1. The van der Waals surface area contributed by atoms with Gasteiger partial charge in [-0.25, -0.2) is 13.4 Å². The Morgan fingerprint density at radius 1 is 1.00 bits per heavy atom. The quantitative estimate of drug-likeness (QED) is 0.361. The van der Waals surface area contributed by atoms with E-state index in [1.807, 2.05) is 30.3 Å². The molecule has 0 saturated heterocycles. The lowest BCUT2D eigenvalue weighted by Gasteiger charge is -2.11. The van der Waals surface area contributed by atoms with E-state index in [-0.39, 0.29) is 16.5 Å². The topological polar surface area (TPSA) is 89.8 Å². The minimum Gasteiger partial charge on any atom is -0.406 e. The fourth-order valence-electron chi connectivity index (χ4n) is 3.99. The molecule has 4 aromatic rings. The fraction of sp³-hybridized carbons (Fsp3) is 0.120. The maximum atomic E-state index is 12.8. The van der Waals surface area contributed by atoms with Crippen LogP contribution in [0.3, 0.4) is 0 Å². The largest absolute Gasteiger partial charge is 0.573 e. The van der Waals surface area contributed by atoms with Gasteiger partial charge in [-0.05, 0) is 53.6 Å². The molecule has 37 heavy (non-hydrogen) atoms. The summed E-state index contributed by atoms with van der Waals surface area (Å²) >= 11 is 1.50. The highest BCUT2D eigenvalue weighted by molar-refractivity contribution is 7.92. The van der Waals surface area contributed by atoms with Crippen LogP contribution < -0.4 is 14.4 Å². The first kappa shape index (κ1) is 24.8. The number of H-pyrrole nitrogens is 1. The Bertz CT molecular complexity index is 1620. The molecule has 190 valence electrons. The number of aromatic nitrogens is 1. The molecule has 1 aliphatic rings. The summed E-state index contributed by atoms with van der Waals surface area (Å²) in [6.45, 7) is 0.558. The molecular weight excluding hydrogens is 527 g/mol. The summed E-state index contributed by atoms with van der Waals surface area (Å²) in [6, 6.07) is 15.4. The fourth-order valence-corrected chi connectivity index (χ4v) is 6.06. The average molecular weight is 547 g/mol. The lowest BCUT2D eigenvalue weighted by atomic mass is 10.1. The van der Waals surface area contributed by atoms with Crippen molar-refractivity contribution in [2.75, 3.05) is 11.8 Å². The second-order valence-electron chi connectivity index (χ2n) is 8.34. The zero-order chi connectivity index (χ0) is 26.4. The number of nitrogens with zero attached hydrogens (tertiary/aromatic N) is 1.